The molecule has 0 amide bonds. The normalized spacial score (nSPS) is 11.9. The number of anilines is 1. The zero-order valence-electron chi connectivity index (χ0n) is 15.2. The van der Waals surface area contributed by atoms with Gasteiger partial charge in [0.05, 0.1) is 29.0 Å². The lowest BCUT2D eigenvalue weighted by Gasteiger charge is -2.11. The molecule has 0 atom stereocenters. The van der Waals surface area contributed by atoms with Gasteiger partial charge in [0.1, 0.15) is 6.33 Å². The summed E-state index contributed by atoms with van der Waals surface area (Å²) in [5.74, 6) is 0.250. The molecule has 0 aliphatic heterocycles. The Kier molecular flexibility index (Phi) is 4.32. The minimum absolute atomic E-state index is 0.140. The van der Waals surface area contributed by atoms with Crippen LogP contribution in [0.25, 0.3) is 16.9 Å². The van der Waals surface area contributed by atoms with E-state index in [0.717, 1.165) is 11.3 Å². The van der Waals surface area contributed by atoms with Gasteiger partial charge in [0, 0.05) is 18.8 Å². The number of rotatable bonds is 5. The first-order chi connectivity index (χ1) is 13.4. The zero-order chi connectivity index (χ0) is 19.9. The molecule has 4 aromatic rings. The molecule has 3 aromatic heterocycles. The number of imidazole rings is 1. The molecule has 1 aromatic carbocycles. The summed E-state index contributed by atoms with van der Waals surface area (Å²) < 4.78 is 31.3. The maximum absolute atomic E-state index is 12.8. The van der Waals surface area contributed by atoms with Crippen LogP contribution in [-0.4, -0.2) is 37.8 Å². The second kappa shape index (κ2) is 6.69. The van der Waals surface area contributed by atoms with Crippen LogP contribution >= 0.6 is 0 Å². The lowest BCUT2D eigenvalue weighted by molar-refractivity contribution is 0.577. The summed E-state index contributed by atoms with van der Waals surface area (Å²) in [5.41, 5.74) is 9.20. The predicted molar refractivity (Wildman–Crippen MR) is 103 cm³/mol. The summed E-state index contributed by atoms with van der Waals surface area (Å²) >= 11 is 0. The predicted octanol–water partition coefficient (Wildman–Crippen LogP) is 0.894. The van der Waals surface area contributed by atoms with Gasteiger partial charge in [-0.05, 0) is 30.7 Å². The van der Waals surface area contributed by atoms with Crippen LogP contribution in [-0.2, 0) is 23.6 Å². The van der Waals surface area contributed by atoms with E-state index in [4.69, 9.17) is 5.73 Å². The molecule has 0 bridgehead atoms. The second-order valence-electron chi connectivity index (χ2n) is 6.27. The Bertz CT molecular complexity index is 1280. The standard InChI is InChI=1S/C17H18N8O2S/c1-11-3-4-13(28(26,27)23-8-12-5-6-21-24(12)2)7-14(11)15-9-19-17-16(18)20-10-22-25(15)17/h3-7,9-10,23H,8H2,1-2H3,(H2,18,20,22). The summed E-state index contributed by atoms with van der Waals surface area (Å²) in [6.07, 6.45) is 4.55. The Labute approximate surface area is 161 Å². The van der Waals surface area contributed by atoms with E-state index in [1.807, 2.05) is 6.92 Å². The van der Waals surface area contributed by atoms with Crippen LogP contribution in [0.2, 0.25) is 0 Å². The largest absolute Gasteiger partial charge is 0.381 e. The molecule has 0 fully saturated rings. The number of nitrogen functional groups attached to an aromatic ring is 1. The Morgan fingerprint density at radius 1 is 1.18 bits per heavy atom. The number of fused-ring (bicyclic) bond motifs is 1. The molecule has 0 aliphatic carbocycles. The van der Waals surface area contributed by atoms with Gasteiger partial charge in [0.25, 0.3) is 0 Å². The van der Waals surface area contributed by atoms with Gasteiger partial charge < -0.3 is 5.73 Å². The maximum Gasteiger partial charge on any atom is 0.240 e. The van der Waals surface area contributed by atoms with E-state index >= 15 is 0 Å². The third-order valence-electron chi connectivity index (χ3n) is 4.49. The van der Waals surface area contributed by atoms with Crippen molar-refractivity contribution in [2.75, 3.05) is 5.73 Å². The quantitative estimate of drug-likeness (QED) is 0.510. The Hall–Kier alpha value is -3.31. The fourth-order valence-electron chi connectivity index (χ4n) is 2.89. The van der Waals surface area contributed by atoms with Gasteiger partial charge in [-0.15, -0.1) is 0 Å². The highest BCUT2D eigenvalue weighted by Crippen LogP contribution is 2.27. The zero-order valence-corrected chi connectivity index (χ0v) is 16.1. The maximum atomic E-state index is 12.8. The smallest absolute Gasteiger partial charge is 0.240 e. The average Bonchev–Trinajstić information content (AvgIpc) is 3.27. The van der Waals surface area contributed by atoms with Crippen LogP contribution in [0.3, 0.4) is 0 Å². The van der Waals surface area contributed by atoms with Gasteiger partial charge >= 0.3 is 0 Å². The van der Waals surface area contributed by atoms with Crippen LogP contribution in [0, 0.1) is 6.92 Å². The summed E-state index contributed by atoms with van der Waals surface area (Å²) in [6, 6.07) is 6.67. The molecule has 10 nitrogen and oxygen atoms in total. The van der Waals surface area contributed by atoms with Crippen molar-refractivity contribution >= 4 is 21.5 Å². The monoisotopic (exact) mass is 398 g/mol. The lowest BCUT2D eigenvalue weighted by atomic mass is 10.1. The number of benzene rings is 1. The number of aryl methyl sites for hydroxylation is 2. The molecule has 0 aliphatic rings. The second-order valence-corrected chi connectivity index (χ2v) is 8.04. The van der Waals surface area contributed by atoms with Gasteiger partial charge in [0.2, 0.25) is 10.0 Å². The van der Waals surface area contributed by atoms with Gasteiger partial charge in [-0.25, -0.2) is 27.6 Å². The highest BCUT2D eigenvalue weighted by Gasteiger charge is 2.18. The first kappa shape index (κ1) is 18.1. The molecule has 0 unspecified atom stereocenters. The number of sulfonamides is 1. The molecular formula is C17H18N8O2S. The molecule has 0 saturated heterocycles. The van der Waals surface area contributed by atoms with Gasteiger partial charge in [-0.3, -0.25) is 4.68 Å². The lowest BCUT2D eigenvalue weighted by Crippen LogP contribution is -2.24. The Morgan fingerprint density at radius 2 is 2.00 bits per heavy atom. The van der Waals surface area contributed by atoms with Crippen molar-refractivity contribution in [2.24, 2.45) is 7.05 Å². The third kappa shape index (κ3) is 3.10. The number of hydrogen-bond acceptors (Lipinski definition) is 7. The highest BCUT2D eigenvalue weighted by molar-refractivity contribution is 7.89. The fourth-order valence-corrected chi connectivity index (χ4v) is 3.91. The first-order valence-electron chi connectivity index (χ1n) is 8.38. The number of nitrogens with two attached hydrogens (primary N) is 1. The molecule has 0 radical (unpaired) electrons. The minimum Gasteiger partial charge on any atom is -0.381 e. The van der Waals surface area contributed by atoms with Crippen LogP contribution < -0.4 is 10.5 Å². The fraction of sp³-hybridized carbons (Fsp3) is 0.176. The number of aromatic nitrogens is 6. The summed E-state index contributed by atoms with van der Waals surface area (Å²) in [4.78, 5) is 8.31. The van der Waals surface area contributed by atoms with Gasteiger partial charge in [-0.2, -0.15) is 10.2 Å². The number of hydrogen-bond donors (Lipinski definition) is 2. The molecule has 3 N–H and O–H groups in total. The summed E-state index contributed by atoms with van der Waals surface area (Å²) in [7, 11) is -1.97. The van der Waals surface area contributed by atoms with E-state index in [2.05, 4.69) is 24.9 Å². The van der Waals surface area contributed by atoms with Crippen LogP contribution in [0.15, 0.2) is 47.9 Å². The van der Waals surface area contributed by atoms with E-state index in [1.165, 1.54) is 6.33 Å². The van der Waals surface area contributed by atoms with Crippen LogP contribution in [0.1, 0.15) is 11.3 Å². The van der Waals surface area contributed by atoms with E-state index in [9.17, 15) is 8.42 Å². The van der Waals surface area contributed by atoms with Crippen molar-refractivity contribution in [3.05, 3.63) is 54.2 Å². The van der Waals surface area contributed by atoms with Crippen LogP contribution in [0.4, 0.5) is 5.82 Å². The first-order valence-corrected chi connectivity index (χ1v) is 9.87. The molecule has 0 spiro atoms. The third-order valence-corrected chi connectivity index (χ3v) is 5.89. The summed E-state index contributed by atoms with van der Waals surface area (Å²) in [5, 5.41) is 8.21. The van der Waals surface area contributed by atoms with Crippen molar-refractivity contribution < 1.29 is 8.42 Å². The van der Waals surface area contributed by atoms with Gasteiger partial charge in [0.15, 0.2) is 11.5 Å². The molecule has 144 valence electrons. The van der Waals surface area contributed by atoms with E-state index in [-0.39, 0.29) is 17.3 Å². The van der Waals surface area contributed by atoms with E-state index in [1.54, 1.807) is 52.9 Å². The summed E-state index contributed by atoms with van der Waals surface area (Å²) in [6.45, 7) is 2.03. The molecule has 28 heavy (non-hydrogen) atoms. The van der Waals surface area contributed by atoms with Crippen molar-refractivity contribution in [2.45, 2.75) is 18.4 Å². The van der Waals surface area contributed by atoms with E-state index in [0.29, 0.717) is 16.9 Å². The van der Waals surface area contributed by atoms with Crippen molar-refractivity contribution in [3.63, 3.8) is 0 Å². The Morgan fingerprint density at radius 3 is 2.75 bits per heavy atom. The molecule has 3 heterocycles. The van der Waals surface area contributed by atoms with Crippen molar-refractivity contribution in [1.82, 2.24) is 34.1 Å². The SMILES string of the molecule is Cc1ccc(S(=O)(=O)NCc2ccnn2C)cc1-c1cnc2c(N)ncnn12. The van der Waals surface area contributed by atoms with Gasteiger partial charge in [-0.1, -0.05) is 6.07 Å². The highest BCUT2D eigenvalue weighted by atomic mass is 32.2. The topological polar surface area (TPSA) is 133 Å². The average molecular weight is 398 g/mol. The molecular weight excluding hydrogens is 380 g/mol. The molecule has 11 heteroatoms. The number of nitrogens with zero attached hydrogens (tertiary/aromatic N) is 6. The van der Waals surface area contributed by atoms with Crippen molar-refractivity contribution in [1.29, 1.82) is 0 Å². The Balaban J connectivity index is 1.72. The van der Waals surface area contributed by atoms with Crippen LogP contribution in [0.5, 0.6) is 0 Å². The molecule has 4 rings (SSSR count). The van der Waals surface area contributed by atoms with E-state index < -0.39 is 10.0 Å². The van der Waals surface area contributed by atoms with Crippen molar-refractivity contribution in [3.8, 4) is 11.3 Å². The minimum atomic E-state index is -3.72. The number of nitrogens with one attached hydrogen (secondary N) is 1. The molecule has 0 saturated carbocycles.